The molecule has 0 spiro atoms. The molecule has 146 valence electrons. The number of hydrogen-bond donors (Lipinski definition) is 2. The van der Waals surface area contributed by atoms with Crippen molar-refractivity contribution >= 4 is 23.7 Å². The first-order valence-electron chi connectivity index (χ1n) is 8.80. The van der Waals surface area contributed by atoms with Crippen LogP contribution < -0.4 is 10.9 Å². The van der Waals surface area contributed by atoms with Gasteiger partial charge in [-0.2, -0.15) is 0 Å². The first-order chi connectivity index (χ1) is 13.4. The van der Waals surface area contributed by atoms with Crippen molar-refractivity contribution in [2.75, 3.05) is 6.54 Å². The van der Waals surface area contributed by atoms with Crippen molar-refractivity contribution in [3.63, 3.8) is 0 Å². The molecule has 0 aliphatic carbocycles. The van der Waals surface area contributed by atoms with Gasteiger partial charge in [0.1, 0.15) is 5.70 Å². The summed E-state index contributed by atoms with van der Waals surface area (Å²) in [6.07, 6.45) is 2.48. The van der Waals surface area contributed by atoms with Crippen LogP contribution in [0.2, 0.25) is 0 Å². The number of nitro groups is 1. The lowest BCUT2D eigenvalue weighted by atomic mass is 10.1. The smallest absolute Gasteiger partial charge is 0.303 e. The van der Waals surface area contributed by atoms with Crippen LogP contribution in [0.1, 0.15) is 31.5 Å². The maximum atomic E-state index is 12.9. The number of urea groups is 1. The molecule has 10 heteroatoms. The first kappa shape index (κ1) is 19.1. The van der Waals surface area contributed by atoms with E-state index in [-0.39, 0.29) is 16.9 Å². The van der Waals surface area contributed by atoms with Crippen molar-refractivity contribution in [1.29, 1.82) is 0 Å². The van der Waals surface area contributed by atoms with Gasteiger partial charge in [0, 0.05) is 24.4 Å². The topological polar surface area (TPSA) is 130 Å². The largest absolute Gasteiger partial charge is 0.329 e. The van der Waals surface area contributed by atoms with E-state index in [2.05, 4.69) is 10.4 Å². The standard InChI is InChI=1S/C18H19N5O5/c1-3-9-21-17(25)15(19-18(21)26)10-13-14(4-2)20-22(16(13)24)11-5-7-12(8-6-11)23(27)28/h5-8,10,20H,3-4,9H2,1-2H3,(H,19,26)/b15-10-. The normalized spacial score (nSPS) is 15.4. The maximum Gasteiger partial charge on any atom is 0.329 e. The van der Waals surface area contributed by atoms with E-state index >= 15 is 0 Å². The first-order valence-corrected chi connectivity index (χ1v) is 8.80. The van der Waals surface area contributed by atoms with Gasteiger partial charge in [0.2, 0.25) is 0 Å². The molecular formula is C18H19N5O5. The number of amides is 3. The molecule has 2 heterocycles. The molecule has 1 aliphatic heterocycles. The number of nitrogens with one attached hydrogen (secondary N) is 2. The predicted octanol–water partition coefficient (Wildman–Crippen LogP) is 1.94. The average molecular weight is 385 g/mol. The third-order valence-electron chi connectivity index (χ3n) is 4.38. The van der Waals surface area contributed by atoms with E-state index in [0.29, 0.717) is 30.8 Å². The fourth-order valence-electron chi connectivity index (χ4n) is 2.96. The van der Waals surface area contributed by atoms with Crippen molar-refractivity contribution in [3.05, 3.63) is 61.7 Å². The van der Waals surface area contributed by atoms with Gasteiger partial charge in [0.05, 0.1) is 16.2 Å². The molecule has 0 radical (unpaired) electrons. The van der Waals surface area contributed by atoms with Crippen molar-refractivity contribution in [1.82, 2.24) is 20.0 Å². The van der Waals surface area contributed by atoms with Crippen molar-refractivity contribution in [3.8, 4) is 5.69 Å². The average Bonchev–Trinajstić information content (AvgIpc) is 3.13. The summed E-state index contributed by atoms with van der Waals surface area (Å²) in [7, 11) is 0. The zero-order valence-electron chi connectivity index (χ0n) is 15.4. The molecule has 0 bridgehead atoms. The third-order valence-corrected chi connectivity index (χ3v) is 4.38. The summed E-state index contributed by atoms with van der Waals surface area (Å²) >= 11 is 0. The molecule has 28 heavy (non-hydrogen) atoms. The Hall–Kier alpha value is -3.69. The third kappa shape index (κ3) is 3.31. The van der Waals surface area contributed by atoms with Gasteiger partial charge in [0.15, 0.2) is 0 Å². The summed E-state index contributed by atoms with van der Waals surface area (Å²) in [5.41, 5.74) is 0.782. The Labute approximate surface area is 159 Å². The SMILES string of the molecule is CCCN1C(=O)N/C(=C\c2c(CC)[nH]n(-c3ccc([N+](=O)[O-])cc3)c2=O)C1=O. The number of non-ortho nitro benzene ring substituents is 1. The zero-order valence-corrected chi connectivity index (χ0v) is 15.4. The van der Waals surface area contributed by atoms with E-state index in [4.69, 9.17) is 0 Å². The van der Waals surface area contributed by atoms with Gasteiger partial charge in [-0.05, 0) is 31.1 Å². The van der Waals surface area contributed by atoms with Crippen LogP contribution in [0.3, 0.4) is 0 Å². The van der Waals surface area contributed by atoms with Gasteiger partial charge in [-0.25, -0.2) is 9.48 Å². The molecule has 3 amide bonds. The van der Waals surface area contributed by atoms with Crippen LogP contribution in [0.15, 0.2) is 34.8 Å². The number of carbonyl (C=O) groups excluding carboxylic acids is 2. The predicted molar refractivity (Wildman–Crippen MR) is 101 cm³/mol. The number of nitro benzene ring substituents is 1. The second kappa shape index (κ2) is 7.51. The molecule has 1 aromatic heterocycles. The van der Waals surface area contributed by atoms with Crippen LogP contribution in [-0.2, 0) is 11.2 Å². The second-order valence-corrected chi connectivity index (χ2v) is 6.22. The summed E-state index contributed by atoms with van der Waals surface area (Å²) < 4.78 is 1.25. The number of aromatic amines is 1. The van der Waals surface area contributed by atoms with E-state index < -0.39 is 22.4 Å². The molecule has 0 unspecified atom stereocenters. The van der Waals surface area contributed by atoms with Crippen molar-refractivity contribution in [2.24, 2.45) is 0 Å². The molecule has 2 N–H and O–H groups in total. The molecule has 1 saturated heterocycles. The number of H-pyrrole nitrogens is 1. The van der Waals surface area contributed by atoms with Gasteiger partial charge >= 0.3 is 6.03 Å². The molecule has 0 saturated carbocycles. The zero-order chi connectivity index (χ0) is 20.4. The molecule has 1 fully saturated rings. The lowest BCUT2D eigenvalue weighted by Crippen LogP contribution is -2.31. The van der Waals surface area contributed by atoms with E-state index in [1.54, 1.807) is 0 Å². The summed E-state index contributed by atoms with van der Waals surface area (Å²) in [5.74, 6) is -0.476. The lowest BCUT2D eigenvalue weighted by Gasteiger charge is -2.08. The minimum absolute atomic E-state index is 0.0418. The number of aromatic nitrogens is 2. The minimum atomic E-state index is -0.523. The van der Waals surface area contributed by atoms with E-state index in [1.807, 2.05) is 13.8 Å². The molecule has 1 aromatic carbocycles. The van der Waals surface area contributed by atoms with Crippen LogP contribution in [0, 0.1) is 10.1 Å². The fraction of sp³-hybridized carbons (Fsp3) is 0.278. The molecule has 2 aromatic rings. The second-order valence-electron chi connectivity index (χ2n) is 6.22. The van der Waals surface area contributed by atoms with E-state index in [0.717, 1.165) is 4.90 Å². The maximum absolute atomic E-state index is 12.9. The van der Waals surface area contributed by atoms with Crippen LogP contribution in [0.4, 0.5) is 10.5 Å². The molecular weight excluding hydrogens is 366 g/mol. The van der Waals surface area contributed by atoms with Gasteiger partial charge in [-0.3, -0.25) is 29.7 Å². The summed E-state index contributed by atoms with van der Waals surface area (Å²) in [5, 5.41) is 16.2. The number of aryl methyl sites for hydroxylation is 1. The number of imide groups is 1. The van der Waals surface area contributed by atoms with Crippen LogP contribution in [-0.4, -0.2) is 38.1 Å². The monoisotopic (exact) mass is 385 g/mol. The highest BCUT2D eigenvalue weighted by molar-refractivity contribution is 6.14. The molecule has 3 rings (SSSR count). The number of nitrogens with zero attached hydrogens (tertiary/aromatic N) is 3. The summed E-state index contributed by atoms with van der Waals surface area (Å²) in [6, 6.07) is 5.00. The van der Waals surface area contributed by atoms with Gasteiger partial charge in [0.25, 0.3) is 17.2 Å². The van der Waals surface area contributed by atoms with Gasteiger partial charge < -0.3 is 5.32 Å². The Balaban J connectivity index is 2.02. The Morgan fingerprint density at radius 2 is 1.82 bits per heavy atom. The number of carbonyl (C=O) groups is 2. The number of rotatable bonds is 6. The molecule has 1 aliphatic rings. The summed E-state index contributed by atoms with van der Waals surface area (Å²) in [4.78, 5) is 48.6. The lowest BCUT2D eigenvalue weighted by molar-refractivity contribution is -0.384. The van der Waals surface area contributed by atoms with E-state index in [1.165, 1.54) is 35.0 Å². The van der Waals surface area contributed by atoms with Gasteiger partial charge in [-0.1, -0.05) is 13.8 Å². The van der Waals surface area contributed by atoms with Crippen LogP contribution >= 0.6 is 0 Å². The Morgan fingerprint density at radius 1 is 1.14 bits per heavy atom. The molecule has 0 atom stereocenters. The summed E-state index contributed by atoms with van der Waals surface area (Å²) in [6.45, 7) is 3.99. The number of hydrogen-bond acceptors (Lipinski definition) is 5. The highest BCUT2D eigenvalue weighted by atomic mass is 16.6. The Morgan fingerprint density at radius 3 is 2.39 bits per heavy atom. The number of benzene rings is 1. The Bertz CT molecular complexity index is 1030. The Kier molecular flexibility index (Phi) is 5.12. The minimum Gasteiger partial charge on any atom is -0.303 e. The van der Waals surface area contributed by atoms with Crippen molar-refractivity contribution in [2.45, 2.75) is 26.7 Å². The highest BCUT2D eigenvalue weighted by Crippen LogP contribution is 2.18. The van der Waals surface area contributed by atoms with Crippen LogP contribution in [0.5, 0.6) is 0 Å². The quantitative estimate of drug-likeness (QED) is 0.340. The van der Waals surface area contributed by atoms with Crippen LogP contribution in [0.25, 0.3) is 11.8 Å². The van der Waals surface area contributed by atoms with Gasteiger partial charge in [-0.15, -0.1) is 0 Å². The van der Waals surface area contributed by atoms with E-state index in [9.17, 15) is 24.5 Å². The van der Waals surface area contributed by atoms with Crippen molar-refractivity contribution < 1.29 is 14.5 Å². The highest BCUT2D eigenvalue weighted by Gasteiger charge is 2.33. The molecule has 10 nitrogen and oxygen atoms in total. The fourth-order valence-corrected chi connectivity index (χ4v) is 2.96.